The van der Waals surface area contributed by atoms with E-state index in [0.29, 0.717) is 5.25 Å². The van der Waals surface area contributed by atoms with Crippen molar-refractivity contribution in [2.75, 3.05) is 5.75 Å². The number of hydrogen-bond donors (Lipinski definition) is 0. The first kappa shape index (κ1) is 9.87. The van der Waals surface area contributed by atoms with E-state index in [1.54, 1.807) is 0 Å². The summed E-state index contributed by atoms with van der Waals surface area (Å²) in [6.07, 6.45) is 0. The summed E-state index contributed by atoms with van der Waals surface area (Å²) in [6, 6.07) is 10.5. The van der Waals surface area contributed by atoms with E-state index in [9.17, 15) is 0 Å². The maximum Gasteiger partial charge on any atom is 0.0315 e. The van der Waals surface area contributed by atoms with Crippen molar-refractivity contribution in [3.63, 3.8) is 0 Å². The molecule has 0 heterocycles. The van der Waals surface area contributed by atoms with Crippen molar-refractivity contribution >= 4 is 20.6 Å². The summed E-state index contributed by atoms with van der Waals surface area (Å²) in [6.45, 7) is 4.38. The van der Waals surface area contributed by atoms with Crippen LogP contribution < -0.4 is 0 Å². The second-order valence-corrected chi connectivity index (χ2v) is 6.05. The average Bonchev–Trinajstić information content (AvgIpc) is 2.17. The lowest BCUT2D eigenvalue weighted by molar-refractivity contribution is 1.09. The minimum Gasteiger partial charge on any atom is -0.114 e. The third kappa shape index (κ3) is 2.39. The molecule has 0 aliphatic heterocycles. The summed E-state index contributed by atoms with van der Waals surface area (Å²) in [4.78, 5) is 0. The topological polar surface area (TPSA) is 0 Å². The van der Waals surface area contributed by atoms with Crippen LogP contribution in [-0.2, 0) is 20.6 Å². The summed E-state index contributed by atoms with van der Waals surface area (Å²) < 4.78 is 0. The molecule has 1 rings (SSSR count). The van der Waals surface area contributed by atoms with Crippen molar-refractivity contribution in [1.82, 2.24) is 0 Å². The number of benzene rings is 1. The smallest absolute Gasteiger partial charge is 0.0315 e. The largest absolute Gasteiger partial charge is 0.114 e. The van der Waals surface area contributed by atoms with E-state index < -0.39 is 0 Å². The molecule has 2 atom stereocenters. The van der Waals surface area contributed by atoms with E-state index in [1.807, 2.05) is 6.07 Å². The van der Waals surface area contributed by atoms with E-state index in [4.69, 9.17) is 11.2 Å². The minimum absolute atomic E-state index is 0.111. The molecule has 0 saturated carbocycles. The van der Waals surface area contributed by atoms with Gasteiger partial charge in [0.15, 0.2) is 0 Å². The van der Waals surface area contributed by atoms with Crippen molar-refractivity contribution in [1.29, 1.82) is 0 Å². The highest BCUT2D eigenvalue weighted by Crippen LogP contribution is 2.18. The molecule has 0 aliphatic rings. The summed E-state index contributed by atoms with van der Waals surface area (Å²) in [5.74, 6) is 1.10. The van der Waals surface area contributed by atoms with E-state index >= 15 is 0 Å². The van der Waals surface area contributed by atoms with Gasteiger partial charge in [-0.2, -0.15) is 0 Å². The monoisotopic (exact) mass is 198 g/mol. The summed E-state index contributed by atoms with van der Waals surface area (Å²) in [5.41, 5.74) is 1.37. The van der Waals surface area contributed by atoms with Gasteiger partial charge in [-0.15, -0.1) is 9.45 Å². The van der Waals surface area contributed by atoms with Crippen LogP contribution in [0.15, 0.2) is 30.3 Å². The molecular formula is C10H14S2. The molecule has 66 valence electrons. The Bertz CT molecular complexity index is 254. The molecule has 0 saturated heterocycles. The lowest BCUT2D eigenvalue weighted by atomic mass is 10.2. The third-order valence-corrected chi connectivity index (χ3v) is 5.15. The molecule has 0 nitrogen and oxygen atoms in total. The van der Waals surface area contributed by atoms with Gasteiger partial charge in [-0.05, 0) is 18.2 Å². The van der Waals surface area contributed by atoms with Crippen LogP contribution in [0.4, 0.5) is 0 Å². The predicted octanol–water partition coefficient (Wildman–Crippen LogP) is 2.85. The van der Waals surface area contributed by atoms with Crippen molar-refractivity contribution in [3.05, 3.63) is 35.9 Å². The summed E-state index contributed by atoms with van der Waals surface area (Å²) in [5, 5.41) is 0.534. The number of rotatable bonds is 3. The summed E-state index contributed by atoms with van der Waals surface area (Å²) in [7, 11) is 0.111. The number of hydrogen-bond acceptors (Lipinski definition) is 1. The highest BCUT2D eigenvalue weighted by Gasteiger charge is 2.06. The van der Waals surface area contributed by atoms with E-state index in [0.717, 1.165) is 5.75 Å². The Morgan fingerprint density at radius 3 is 2.42 bits per heavy atom. The van der Waals surface area contributed by atoms with Crippen LogP contribution in [0, 0.1) is 0 Å². The van der Waals surface area contributed by atoms with Crippen LogP contribution in [0.2, 0.25) is 0 Å². The Morgan fingerprint density at radius 2 is 1.92 bits per heavy atom. The zero-order chi connectivity index (χ0) is 8.97. The first-order valence-electron chi connectivity index (χ1n) is 4.17. The van der Waals surface area contributed by atoms with E-state index in [1.165, 1.54) is 5.56 Å². The van der Waals surface area contributed by atoms with Crippen LogP contribution in [0.1, 0.15) is 24.7 Å². The summed E-state index contributed by atoms with van der Waals surface area (Å²) >= 11 is 5.37. The van der Waals surface area contributed by atoms with Gasteiger partial charge in [0.25, 0.3) is 0 Å². The van der Waals surface area contributed by atoms with Gasteiger partial charge < -0.3 is 0 Å². The second-order valence-electron chi connectivity index (χ2n) is 2.72. The highest BCUT2D eigenvalue weighted by atomic mass is 32.8. The molecule has 0 aliphatic carbocycles. The maximum atomic E-state index is 5.37. The first-order valence-corrected chi connectivity index (χ1v) is 6.56. The Morgan fingerprint density at radius 1 is 1.33 bits per heavy atom. The molecule has 0 aromatic heterocycles. The minimum atomic E-state index is 0.111. The predicted molar refractivity (Wildman–Crippen MR) is 60.1 cm³/mol. The SMILES string of the molecule is CCS(=S)C(C)c1ccccc1. The van der Waals surface area contributed by atoms with Crippen LogP contribution >= 0.6 is 0 Å². The van der Waals surface area contributed by atoms with Crippen molar-refractivity contribution in [3.8, 4) is 0 Å². The van der Waals surface area contributed by atoms with Gasteiger partial charge in [0.1, 0.15) is 0 Å². The highest BCUT2D eigenvalue weighted by molar-refractivity contribution is 8.28. The van der Waals surface area contributed by atoms with Crippen LogP contribution in [0.5, 0.6) is 0 Å². The van der Waals surface area contributed by atoms with Crippen molar-refractivity contribution in [2.45, 2.75) is 19.1 Å². The Labute approximate surface area is 81.6 Å². The first-order chi connectivity index (χ1) is 5.75. The van der Waals surface area contributed by atoms with Crippen LogP contribution in [0.25, 0.3) is 0 Å². The molecule has 0 bridgehead atoms. The van der Waals surface area contributed by atoms with Crippen LogP contribution in [-0.4, -0.2) is 5.75 Å². The van der Waals surface area contributed by atoms with Gasteiger partial charge >= 0.3 is 0 Å². The Hall–Kier alpha value is -0.210. The molecule has 1 aromatic carbocycles. The van der Waals surface area contributed by atoms with Gasteiger partial charge in [-0.1, -0.05) is 48.4 Å². The third-order valence-electron chi connectivity index (χ3n) is 1.95. The maximum absolute atomic E-state index is 5.37. The molecule has 12 heavy (non-hydrogen) atoms. The van der Waals surface area contributed by atoms with Gasteiger partial charge in [-0.25, -0.2) is 0 Å². The van der Waals surface area contributed by atoms with Crippen molar-refractivity contribution < 1.29 is 0 Å². The zero-order valence-electron chi connectivity index (χ0n) is 7.49. The molecule has 0 radical (unpaired) electrons. The zero-order valence-corrected chi connectivity index (χ0v) is 9.12. The van der Waals surface area contributed by atoms with Gasteiger partial charge in [0.05, 0.1) is 0 Å². The normalized spacial score (nSPS) is 15.5. The van der Waals surface area contributed by atoms with E-state index in [-0.39, 0.29) is 9.45 Å². The van der Waals surface area contributed by atoms with Crippen LogP contribution in [0.3, 0.4) is 0 Å². The lowest BCUT2D eigenvalue weighted by Crippen LogP contribution is -2.02. The fraction of sp³-hybridized carbons (Fsp3) is 0.400. The average molecular weight is 198 g/mol. The quantitative estimate of drug-likeness (QED) is 0.719. The van der Waals surface area contributed by atoms with Gasteiger partial charge in [0.2, 0.25) is 0 Å². The molecule has 0 spiro atoms. The Balaban J connectivity index is 2.78. The van der Waals surface area contributed by atoms with Gasteiger partial charge in [-0.3, -0.25) is 0 Å². The van der Waals surface area contributed by atoms with Crippen molar-refractivity contribution in [2.24, 2.45) is 0 Å². The molecule has 0 fully saturated rings. The van der Waals surface area contributed by atoms with E-state index in [2.05, 4.69) is 38.1 Å². The molecule has 2 unspecified atom stereocenters. The second kappa shape index (κ2) is 4.73. The fourth-order valence-corrected chi connectivity index (χ4v) is 2.42. The lowest BCUT2D eigenvalue weighted by Gasteiger charge is -2.12. The molecule has 2 heteroatoms. The molecular weight excluding hydrogens is 184 g/mol. The standard InChI is InChI=1S/C10H14S2/c1-3-12(11)9(2)10-7-5-4-6-8-10/h4-9H,3H2,1-2H3. The Kier molecular flexibility index (Phi) is 3.89. The van der Waals surface area contributed by atoms with Gasteiger partial charge in [0, 0.05) is 5.25 Å². The molecule has 0 amide bonds. The fourth-order valence-electron chi connectivity index (χ4n) is 1.13. The molecule has 0 N–H and O–H groups in total. The molecule has 1 aromatic rings.